The third-order valence-corrected chi connectivity index (χ3v) is 3.85. The van der Waals surface area contributed by atoms with Crippen LogP contribution in [0, 0.1) is 0 Å². The molecule has 1 atom stereocenters. The Hall–Kier alpha value is -1.40. The summed E-state index contributed by atoms with van der Waals surface area (Å²) in [7, 11) is 0. The molecule has 0 radical (unpaired) electrons. The van der Waals surface area contributed by atoms with Gasteiger partial charge in [0.1, 0.15) is 5.69 Å². The molecule has 0 unspecified atom stereocenters. The van der Waals surface area contributed by atoms with Gasteiger partial charge in [-0.1, -0.05) is 0 Å². The number of morpholine rings is 1. The van der Waals surface area contributed by atoms with Gasteiger partial charge in [0.25, 0.3) is 5.91 Å². The smallest absolute Gasteiger partial charge is 0.274 e. The van der Waals surface area contributed by atoms with Crippen molar-refractivity contribution in [1.29, 1.82) is 0 Å². The zero-order chi connectivity index (χ0) is 13.1. The molecule has 0 aromatic carbocycles. The molecule has 1 aromatic heterocycles. The van der Waals surface area contributed by atoms with Crippen LogP contribution < -0.4 is 5.32 Å². The molecule has 2 N–H and O–H groups in total. The van der Waals surface area contributed by atoms with E-state index in [0.717, 1.165) is 25.2 Å². The van der Waals surface area contributed by atoms with Gasteiger partial charge in [-0.3, -0.25) is 9.89 Å². The lowest BCUT2D eigenvalue weighted by Gasteiger charge is -2.25. The summed E-state index contributed by atoms with van der Waals surface area (Å²) < 4.78 is 5.26. The number of nitrogens with one attached hydrogen (secondary N) is 2. The maximum Gasteiger partial charge on any atom is 0.274 e. The second-order valence-corrected chi connectivity index (χ2v) is 5.16. The molecule has 6 heteroatoms. The van der Waals surface area contributed by atoms with E-state index in [1.54, 1.807) is 0 Å². The number of ether oxygens (including phenoxy) is 1. The zero-order valence-corrected chi connectivity index (χ0v) is 11.0. The number of aromatic amines is 1. The predicted octanol–water partition coefficient (Wildman–Crippen LogP) is 0.349. The van der Waals surface area contributed by atoms with E-state index in [9.17, 15) is 4.79 Å². The Morgan fingerprint density at radius 1 is 1.42 bits per heavy atom. The van der Waals surface area contributed by atoms with Crippen molar-refractivity contribution in [3.63, 3.8) is 0 Å². The van der Waals surface area contributed by atoms with Crippen LogP contribution in [0.2, 0.25) is 0 Å². The van der Waals surface area contributed by atoms with Gasteiger partial charge >= 0.3 is 0 Å². The van der Waals surface area contributed by atoms with Gasteiger partial charge in [0.15, 0.2) is 0 Å². The third-order valence-electron chi connectivity index (χ3n) is 3.85. The molecule has 2 aliphatic heterocycles. The van der Waals surface area contributed by atoms with Gasteiger partial charge in [0.2, 0.25) is 0 Å². The Morgan fingerprint density at radius 3 is 3.00 bits per heavy atom. The molecular formula is C13H20N4O2. The summed E-state index contributed by atoms with van der Waals surface area (Å²) in [5.41, 5.74) is 1.60. The van der Waals surface area contributed by atoms with Crippen molar-refractivity contribution >= 4 is 5.91 Å². The number of piperidine rings is 1. The first kappa shape index (κ1) is 12.6. The third kappa shape index (κ3) is 2.79. The summed E-state index contributed by atoms with van der Waals surface area (Å²) in [6.45, 7) is 4.61. The molecule has 2 fully saturated rings. The highest BCUT2D eigenvalue weighted by Crippen LogP contribution is 2.22. The van der Waals surface area contributed by atoms with Crippen molar-refractivity contribution in [2.45, 2.75) is 18.8 Å². The van der Waals surface area contributed by atoms with Crippen molar-refractivity contribution in [3.05, 3.63) is 17.5 Å². The van der Waals surface area contributed by atoms with Crippen LogP contribution in [0.25, 0.3) is 0 Å². The molecule has 1 amide bonds. The van der Waals surface area contributed by atoms with E-state index in [1.165, 1.54) is 6.42 Å². The molecule has 0 spiro atoms. The molecular weight excluding hydrogens is 244 g/mol. The molecule has 1 aromatic rings. The summed E-state index contributed by atoms with van der Waals surface area (Å²) in [6.07, 6.45) is 2.33. The predicted molar refractivity (Wildman–Crippen MR) is 70.2 cm³/mol. The zero-order valence-electron chi connectivity index (χ0n) is 11.0. The van der Waals surface area contributed by atoms with Crippen molar-refractivity contribution in [1.82, 2.24) is 20.4 Å². The Bertz CT molecular complexity index is 434. The molecule has 0 saturated carbocycles. The molecule has 19 heavy (non-hydrogen) atoms. The first-order chi connectivity index (χ1) is 9.34. The quantitative estimate of drug-likeness (QED) is 0.808. The highest BCUT2D eigenvalue weighted by atomic mass is 16.5. The molecule has 2 aliphatic rings. The van der Waals surface area contributed by atoms with Gasteiger partial charge in [-0.2, -0.15) is 5.10 Å². The van der Waals surface area contributed by atoms with Gasteiger partial charge < -0.3 is 15.0 Å². The first-order valence-corrected chi connectivity index (χ1v) is 6.97. The number of rotatable bonds is 2. The highest BCUT2D eigenvalue weighted by molar-refractivity contribution is 5.92. The number of hydrogen-bond acceptors (Lipinski definition) is 4. The number of amides is 1. The fourth-order valence-electron chi connectivity index (χ4n) is 2.70. The summed E-state index contributed by atoms with van der Waals surface area (Å²) >= 11 is 0. The Balaban J connectivity index is 1.67. The average Bonchev–Trinajstić information content (AvgIpc) is 2.98. The summed E-state index contributed by atoms with van der Waals surface area (Å²) in [6, 6.07) is 1.91. The van der Waals surface area contributed by atoms with Crippen LogP contribution in [-0.4, -0.2) is 60.4 Å². The minimum Gasteiger partial charge on any atom is -0.378 e. The standard InChI is InChI=1S/C13H20N4O2/c18-13(17-4-6-19-7-5-17)12-8-11(15-16-12)10-2-1-3-14-9-10/h8,10,14H,1-7,9H2,(H,15,16)/t10-/m0/s1. The number of nitrogens with zero attached hydrogens (tertiary/aromatic N) is 2. The minimum atomic E-state index is 0.00886. The number of carbonyl (C=O) groups is 1. The lowest BCUT2D eigenvalue weighted by atomic mass is 9.96. The van der Waals surface area contributed by atoms with Crippen molar-refractivity contribution < 1.29 is 9.53 Å². The molecule has 2 saturated heterocycles. The van der Waals surface area contributed by atoms with Gasteiger partial charge in [0.05, 0.1) is 13.2 Å². The van der Waals surface area contributed by atoms with E-state index < -0.39 is 0 Å². The highest BCUT2D eigenvalue weighted by Gasteiger charge is 2.23. The molecule has 104 valence electrons. The maximum absolute atomic E-state index is 12.3. The van der Waals surface area contributed by atoms with Gasteiger partial charge in [-0.05, 0) is 25.5 Å². The van der Waals surface area contributed by atoms with Crippen molar-refractivity contribution in [2.75, 3.05) is 39.4 Å². The normalized spacial score (nSPS) is 24.4. The topological polar surface area (TPSA) is 70.2 Å². The number of H-pyrrole nitrogens is 1. The second kappa shape index (κ2) is 5.71. The van der Waals surface area contributed by atoms with Gasteiger partial charge in [-0.25, -0.2) is 0 Å². The number of carbonyl (C=O) groups excluding carboxylic acids is 1. The SMILES string of the molecule is O=C(c1cc([C@H]2CCCNC2)[nH]n1)N1CCOCC1. The van der Waals surface area contributed by atoms with Crippen LogP contribution in [0.5, 0.6) is 0 Å². The monoisotopic (exact) mass is 264 g/mol. The lowest BCUT2D eigenvalue weighted by molar-refractivity contribution is 0.0299. The molecule has 3 rings (SSSR count). The summed E-state index contributed by atoms with van der Waals surface area (Å²) in [5.74, 6) is 0.460. The summed E-state index contributed by atoms with van der Waals surface area (Å²) in [4.78, 5) is 14.1. The van der Waals surface area contributed by atoms with Crippen molar-refractivity contribution in [2.24, 2.45) is 0 Å². The van der Waals surface area contributed by atoms with E-state index in [0.29, 0.717) is 37.9 Å². The molecule has 0 bridgehead atoms. The van der Waals surface area contributed by atoms with Crippen LogP contribution >= 0.6 is 0 Å². The van der Waals surface area contributed by atoms with Crippen LogP contribution in [0.1, 0.15) is 34.9 Å². The van der Waals surface area contributed by atoms with Gasteiger partial charge in [0, 0.05) is 31.2 Å². The molecule has 6 nitrogen and oxygen atoms in total. The second-order valence-electron chi connectivity index (χ2n) is 5.16. The van der Waals surface area contributed by atoms with E-state index in [1.807, 2.05) is 11.0 Å². The minimum absolute atomic E-state index is 0.00886. The van der Waals surface area contributed by atoms with Crippen LogP contribution in [0.3, 0.4) is 0 Å². The van der Waals surface area contributed by atoms with Gasteiger partial charge in [-0.15, -0.1) is 0 Å². The van der Waals surface area contributed by atoms with E-state index >= 15 is 0 Å². The largest absolute Gasteiger partial charge is 0.378 e. The summed E-state index contributed by atoms with van der Waals surface area (Å²) in [5, 5.41) is 10.6. The molecule has 3 heterocycles. The Kier molecular flexibility index (Phi) is 3.79. The van der Waals surface area contributed by atoms with Crippen LogP contribution in [0.4, 0.5) is 0 Å². The fraction of sp³-hybridized carbons (Fsp3) is 0.692. The Morgan fingerprint density at radius 2 is 2.26 bits per heavy atom. The van der Waals surface area contributed by atoms with E-state index in [2.05, 4.69) is 15.5 Å². The van der Waals surface area contributed by atoms with E-state index in [4.69, 9.17) is 4.74 Å². The first-order valence-electron chi connectivity index (χ1n) is 6.97. The Labute approximate surface area is 112 Å². The van der Waals surface area contributed by atoms with Crippen molar-refractivity contribution in [3.8, 4) is 0 Å². The number of aromatic nitrogens is 2. The lowest BCUT2D eigenvalue weighted by Crippen LogP contribution is -2.40. The van der Waals surface area contributed by atoms with Crippen LogP contribution in [-0.2, 0) is 4.74 Å². The van der Waals surface area contributed by atoms with Crippen LogP contribution in [0.15, 0.2) is 6.07 Å². The number of hydrogen-bond donors (Lipinski definition) is 2. The maximum atomic E-state index is 12.3. The fourth-order valence-corrected chi connectivity index (χ4v) is 2.70. The molecule has 0 aliphatic carbocycles. The van der Waals surface area contributed by atoms with E-state index in [-0.39, 0.29) is 5.91 Å². The average molecular weight is 264 g/mol.